The van der Waals surface area contributed by atoms with Crippen LogP contribution in [0, 0.1) is 11.3 Å². The highest BCUT2D eigenvalue weighted by Crippen LogP contribution is 2.08. The Kier molecular flexibility index (Phi) is 4.65. The molecule has 4 nitrogen and oxygen atoms in total. The molecule has 1 aromatic carbocycles. The largest absolute Gasteiger partial charge is 0.260 e. The van der Waals surface area contributed by atoms with E-state index >= 15 is 0 Å². The normalized spacial score (nSPS) is 10.0. The van der Waals surface area contributed by atoms with Gasteiger partial charge in [0.15, 0.2) is 0 Å². The molecule has 0 saturated carbocycles. The molecular weight excluding hydrogens is 244 g/mol. The van der Waals surface area contributed by atoms with Gasteiger partial charge < -0.3 is 0 Å². The van der Waals surface area contributed by atoms with Gasteiger partial charge in [-0.25, -0.2) is 0 Å². The monoisotopic (exact) mass is 252 g/mol. The first kappa shape index (κ1) is 10.7. The van der Waals surface area contributed by atoms with Gasteiger partial charge in [0.25, 0.3) is 0 Å². The maximum absolute atomic E-state index is 8.56. The Morgan fingerprint density at radius 2 is 2.07 bits per heavy atom. The molecule has 1 N–H and O–H groups in total. The molecular formula is C9H9BrN4. The fourth-order valence-electron chi connectivity index (χ4n) is 0.800. The second kappa shape index (κ2) is 6.11. The van der Waals surface area contributed by atoms with Crippen molar-refractivity contribution in [2.75, 3.05) is 17.3 Å². The summed E-state index contributed by atoms with van der Waals surface area (Å²) in [6, 6.07) is 9.06. The summed E-state index contributed by atoms with van der Waals surface area (Å²) >= 11 is 3.24. The lowest BCUT2D eigenvalue weighted by Gasteiger charge is -1.97. The molecule has 1 aromatic rings. The molecule has 0 fully saturated rings. The number of benzene rings is 1. The van der Waals surface area contributed by atoms with Crippen LogP contribution >= 0.6 is 15.9 Å². The van der Waals surface area contributed by atoms with Crippen molar-refractivity contribution >= 4 is 21.6 Å². The van der Waals surface area contributed by atoms with Crippen LogP contribution in [0.5, 0.6) is 0 Å². The van der Waals surface area contributed by atoms with Crippen LogP contribution in [0.15, 0.2) is 34.6 Å². The van der Waals surface area contributed by atoms with E-state index in [1.54, 1.807) is 24.3 Å². The molecule has 0 radical (unpaired) electrons. The fraction of sp³-hybridized carbons (Fsp3) is 0.222. The standard InChI is InChI=1S/C9H9BrN4/c10-5-6-12-14-13-9-3-1-8(7-11)2-4-9/h1-4H,5-6H2,(H,12,13). The summed E-state index contributed by atoms with van der Waals surface area (Å²) in [5, 5.41) is 16.9. The summed E-state index contributed by atoms with van der Waals surface area (Å²) in [5.41, 5.74) is 4.21. The minimum Gasteiger partial charge on any atom is -0.260 e. The van der Waals surface area contributed by atoms with Crippen LogP contribution in [0.1, 0.15) is 5.56 Å². The summed E-state index contributed by atoms with van der Waals surface area (Å²) in [5.74, 6) is 0. The Labute approximate surface area is 90.8 Å². The van der Waals surface area contributed by atoms with Gasteiger partial charge in [-0.05, 0) is 24.3 Å². The van der Waals surface area contributed by atoms with Crippen LogP contribution in [-0.4, -0.2) is 11.9 Å². The van der Waals surface area contributed by atoms with Crippen LogP contribution in [-0.2, 0) is 0 Å². The lowest BCUT2D eigenvalue weighted by molar-refractivity contribution is 0.976. The topological polar surface area (TPSA) is 60.5 Å². The maximum atomic E-state index is 8.56. The number of rotatable bonds is 4. The fourth-order valence-corrected chi connectivity index (χ4v) is 0.959. The van der Waals surface area contributed by atoms with E-state index in [2.05, 4.69) is 31.7 Å². The van der Waals surface area contributed by atoms with Crippen LogP contribution in [0.2, 0.25) is 0 Å². The molecule has 0 aliphatic heterocycles. The zero-order valence-corrected chi connectivity index (χ0v) is 9.03. The first-order chi connectivity index (χ1) is 6.86. The van der Waals surface area contributed by atoms with Crippen molar-refractivity contribution in [2.45, 2.75) is 0 Å². The van der Waals surface area contributed by atoms with E-state index in [9.17, 15) is 0 Å². The van der Waals surface area contributed by atoms with E-state index < -0.39 is 0 Å². The molecule has 0 spiro atoms. The molecule has 0 unspecified atom stereocenters. The van der Waals surface area contributed by atoms with Crippen LogP contribution in [0.3, 0.4) is 0 Å². The van der Waals surface area contributed by atoms with Crippen LogP contribution in [0.4, 0.5) is 5.69 Å². The highest BCUT2D eigenvalue weighted by Gasteiger charge is 1.90. The molecule has 1 rings (SSSR count). The van der Waals surface area contributed by atoms with Crippen molar-refractivity contribution in [3.8, 4) is 6.07 Å². The number of hydrogen-bond acceptors (Lipinski definition) is 3. The van der Waals surface area contributed by atoms with E-state index in [1.165, 1.54) is 0 Å². The summed E-state index contributed by atoms with van der Waals surface area (Å²) in [6.45, 7) is 0.642. The molecule has 0 atom stereocenters. The molecule has 0 aliphatic rings. The third kappa shape index (κ3) is 3.54. The Hall–Kier alpha value is -1.41. The molecule has 5 heteroatoms. The van der Waals surface area contributed by atoms with E-state index in [-0.39, 0.29) is 0 Å². The lowest BCUT2D eigenvalue weighted by Crippen LogP contribution is -1.88. The second-order valence-corrected chi connectivity index (χ2v) is 3.25. The zero-order chi connectivity index (χ0) is 10.2. The summed E-state index contributed by atoms with van der Waals surface area (Å²) in [7, 11) is 0. The quantitative estimate of drug-likeness (QED) is 0.509. The number of anilines is 1. The van der Waals surface area contributed by atoms with Gasteiger partial charge >= 0.3 is 0 Å². The first-order valence-corrected chi connectivity index (χ1v) is 5.17. The minimum atomic E-state index is 0.632. The summed E-state index contributed by atoms with van der Waals surface area (Å²) in [6.07, 6.45) is 0. The van der Waals surface area contributed by atoms with Crippen molar-refractivity contribution in [3.63, 3.8) is 0 Å². The molecule has 0 amide bonds. The van der Waals surface area contributed by atoms with Gasteiger partial charge in [0, 0.05) is 5.33 Å². The SMILES string of the molecule is N#Cc1ccc(NN=NCCBr)cc1. The molecule has 0 bridgehead atoms. The first-order valence-electron chi connectivity index (χ1n) is 4.05. The minimum absolute atomic E-state index is 0.632. The molecule has 0 aliphatic carbocycles. The van der Waals surface area contributed by atoms with E-state index in [0.29, 0.717) is 12.1 Å². The molecule has 14 heavy (non-hydrogen) atoms. The van der Waals surface area contributed by atoms with E-state index in [1.807, 2.05) is 6.07 Å². The number of alkyl halides is 1. The Bertz CT molecular complexity index is 339. The molecule has 0 aromatic heterocycles. The Balaban J connectivity index is 2.48. The van der Waals surface area contributed by atoms with Gasteiger partial charge in [0.2, 0.25) is 0 Å². The number of nitrogens with one attached hydrogen (secondary N) is 1. The van der Waals surface area contributed by atoms with Crippen molar-refractivity contribution in [2.24, 2.45) is 10.3 Å². The van der Waals surface area contributed by atoms with Crippen molar-refractivity contribution < 1.29 is 0 Å². The number of halogens is 1. The van der Waals surface area contributed by atoms with Crippen LogP contribution in [0.25, 0.3) is 0 Å². The lowest BCUT2D eigenvalue weighted by atomic mass is 10.2. The third-order valence-corrected chi connectivity index (χ3v) is 1.80. The predicted octanol–water partition coefficient (Wildman–Crippen LogP) is 2.73. The van der Waals surface area contributed by atoms with Gasteiger partial charge in [0.05, 0.1) is 23.9 Å². The highest BCUT2D eigenvalue weighted by atomic mass is 79.9. The van der Waals surface area contributed by atoms with Crippen LogP contribution < -0.4 is 5.43 Å². The highest BCUT2D eigenvalue weighted by molar-refractivity contribution is 9.09. The van der Waals surface area contributed by atoms with Crippen molar-refractivity contribution in [3.05, 3.63) is 29.8 Å². The van der Waals surface area contributed by atoms with Gasteiger partial charge in [-0.3, -0.25) is 5.43 Å². The smallest absolute Gasteiger partial charge is 0.0991 e. The van der Waals surface area contributed by atoms with Gasteiger partial charge in [-0.1, -0.05) is 21.2 Å². The average Bonchev–Trinajstić information content (AvgIpc) is 2.25. The molecule has 72 valence electrons. The second-order valence-electron chi connectivity index (χ2n) is 2.45. The number of nitriles is 1. The van der Waals surface area contributed by atoms with Crippen molar-refractivity contribution in [1.82, 2.24) is 0 Å². The predicted molar refractivity (Wildman–Crippen MR) is 58.3 cm³/mol. The van der Waals surface area contributed by atoms with Gasteiger partial charge in [0.1, 0.15) is 0 Å². The molecule has 0 saturated heterocycles. The zero-order valence-electron chi connectivity index (χ0n) is 7.44. The van der Waals surface area contributed by atoms with Gasteiger partial charge in [-0.2, -0.15) is 10.4 Å². The van der Waals surface area contributed by atoms with E-state index in [4.69, 9.17) is 5.26 Å². The third-order valence-electron chi connectivity index (χ3n) is 1.45. The Morgan fingerprint density at radius 3 is 2.64 bits per heavy atom. The Morgan fingerprint density at radius 1 is 1.36 bits per heavy atom. The summed E-state index contributed by atoms with van der Waals surface area (Å²) in [4.78, 5) is 0. The molecule has 0 heterocycles. The number of nitrogens with zero attached hydrogens (tertiary/aromatic N) is 3. The maximum Gasteiger partial charge on any atom is 0.0991 e. The average molecular weight is 253 g/mol. The van der Waals surface area contributed by atoms with E-state index in [0.717, 1.165) is 11.0 Å². The van der Waals surface area contributed by atoms with Gasteiger partial charge in [-0.15, -0.1) is 0 Å². The number of hydrogen-bond donors (Lipinski definition) is 1. The van der Waals surface area contributed by atoms with Crippen molar-refractivity contribution in [1.29, 1.82) is 5.26 Å². The summed E-state index contributed by atoms with van der Waals surface area (Å²) < 4.78 is 0.